The van der Waals surface area contributed by atoms with Crippen LogP contribution in [0.2, 0.25) is 0 Å². The Hall–Kier alpha value is -2.15. The molecule has 0 bridgehead atoms. The molecule has 1 aliphatic heterocycles. The van der Waals surface area contributed by atoms with Crippen LogP contribution in [0.4, 0.5) is 0 Å². The Bertz CT molecular complexity index is 585. The Kier molecular flexibility index (Phi) is 4.85. The smallest absolute Gasteiger partial charge is 0.271 e. The van der Waals surface area contributed by atoms with Crippen molar-refractivity contribution in [2.24, 2.45) is 0 Å². The molecule has 0 spiro atoms. The number of aryl methyl sites for hydroxylation is 1. The molecule has 1 saturated heterocycles. The number of amides is 1. The van der Waals surface area contributed by atoms with Gasteiger partial charge in [0, 0.05) is 38.2 Å². The molecule has 2 N–H and O–H groups in total. The van der Waals surface area contributed by atoms with E-state index in [1.54, 1.807) is 18.6 Å². The number of nitrogens with one attached hydrogen (secondary N) is 2. The van der Waals surface area contributed by atoms with Gasteiger partial charge in [0.1, 0.15) is 5.69 Å². The van der Waals surface area contributed by atoms with Gasteiger partial charge in [-0.15, -0.1) is 0 Å². The molecule has 2 aromatic rings. The molecule has 0 unspecified atom stereocenters. The van der Waals surface area contributed by atoms with Crippen LogP contribution in [0.3, 0.4) is 0 Å². The van der Waals surface area contributed by atoms with Gasteiger partial charge in [0.15, 0.2) is 0 Å². The minimum absolute atomic E-state index is 0.104. The SMILES string of the molecule is O=C(NCCCn1ccnc1)c1ccn([C@@H]2CCCNC2)n1. The quantitative estimate of drug-likeness (QED) is 0.775. The van der Waals surface area contributed by atoms with Crippen molar-refractivity contribution in [1.29, 1.82) is 0 Å². The average molecular weight is 302 g/mol. The third-order valence-electron chi connectivity index (χ3n) is 3.92. The van der Waals surface area contributed by atoms with Gasteiger partial charge in [0.25, 0.3) is 5.91 Å². The fraction of sp³-hybridized carbons (Fsp3) is 0.533. The Morgan fingerprint density at radius 1 is 1.45 bits per heavy atom. The van der Waals surface area contributed by atoms with Gasteiger partial charge in [0.05, 0.1) is 12.4 Å². The van der Waals surface area contributed by atoms with Crippen molar-refractivity contribution < 1.29 is 4.79 Å². The van der Waals surface area contributed by atoms with E-state index in [-0.39, 0.29) is 5.91 Å². The van der Waals surface area contributed by atoms with Crippen molar-refractivity contribution in [3.63, 3.8) is 0 Å². The van der Waals surface area contributed by atoms with E-state index >= 15 is 0 Å². The van der Waals surface area contributed by atoms with Crippen LogP contribution in [0.15, 0.2) is 31.0 Å². The zero-order valence-corrected chi connectivity index (χ0v) is 12.6. The predicted octanol–water partition coefficient (Wildman–Crippen LogP) is 0.824. The van der Waals surface area contributed by atoms with E-state index in [0.717, 1.165) is 38.9 Å². The average Bonchev–Trinajstić information content (AvgIpc) is 3.24. The fourth-order valence-electron chi connectivity index (χ4n) is 2.69. The number of nitrogens with zero attached hydrogens (tertiary/aromatic N) is 4. The monoisotopic (exact) mass is 302 g/mol. The molecular formula is C15H22N6O. The molecule has 1 fully saturated rings. The minimum Gasteiger partial charge on any atom is -0.351 e. The van der Waals surface area contributed by atoms with E-state index in [2.05, 4.69) is 20.7 Å². The number of imidazole rings is 1. The van der Waals surface area contributed by atoms with E-state index < -0.39 is 0 Å². The number of carbonyl (C=O) groups is 1. The van der Waals surface area contributed by atoms with Crippen LogP contribution in [-0.2, 0) is 6.54 Å². The number of aromatic nitrogens is 4. The summed E-state index contributed by atoms with van der Waals surface area (Å²) < 4.78 is 3.91. The van der Waals surface area contributed by atoms with Gasteiger partial charge in [0.2, 0.25) is 0 Å². The highest BCUT2D eigenvalue weighted by molar-refractivity contribution is 5.92. The van der Waals surface area contributed by atoms with Crippen LogP contribution in [-0.4, -0.2) is 44.9 Å². The molecule has 1 atom stereocenters. The number of hydrogen-bond donors (Lipinski definition) is 2. The van der Waals surface area contributed by atoms with Crippen LogP contribution >= 0.6 is 0 Å². The molecule has 0 radical (unpaired) electrons. The van der Waals surface area contributed by atoms with Crippen LogP contribution in [0, 0.1) is 0 Å². The summed E-state index contributed by atoms with van der Waals surface area (Å²) in [5.74, 6) is -0.104. The summed E-state index contributed by atoms with van der Waals surface area (Å²) >= 11 is 0. The number of rotatable bonds is 6. The lowest BCUT2D eigenvalue weighted by atomic mass is 10.1. The largest absolute Gasteiger partial charge is 0.351 e. The molecular weight excluding hydrogens is 280 g/mol. The molecule has 7 nitrogen and oxygen atoms in total. The maximum Gasteiger partial charge on any atom is 0.271 e. The van der Waals surface area contributed by atoms with Crippen molar-refractivity contribution >= 4 is 5.91 Å². The molecule has 0 saturated carbocycles. The third kappa shape index (κ3) is 3.73. The first-order valence-corrected chi connectivity index (χ1v) is 7.83. The van der Waals surface area contributed by atoms with Gasteiger partial charge in [-0.3, -0.25) is 9.48 Å². The zero-order valence-electron chi connectivity index (χ0n) is 12.6. The normalized spacial score (nSPS) is 18.3. The van der Waals surface area contributed by atoms with Gasteiger partial charge in [-0.05, 0) is 31.9 Å². The molecule has 118 valence electrons. The summed E-state index contributed by atoms with van der Waals surface area (Å²) in [5.41, 5.74) is 0.494. The van der Waals surface area contributed by atoms with E-state index in [1.807, 2.05) is 21.6 Å². The maximum absolute atomic E-state index is 12.1. The van der Waals surface area contributed by atoms with Crippen LogP contribution in [0.1, 0.15) is 35.8 Å². The number of piperidine rings is 1. The van der Waals surface area contributed by atoms with Crippen molar-refractivity contribution in [1.82, 2.24) is 30.0 Å². The first-order valence-electron chi connectivity index (χ1n) is 7.83. The molecule has 1 amide bonds. The second kappa shape index (κ2) is 7.22. The number of carbonyl (C=O) groups excluding carboxylic acids is 1. The van der Waals surface area contributed by atoms with E-state index in [1.165, 1.54) is 0 Å². The first kappa shape index (κ1) is 14.8. The zero-order chi connectivity index (χ0) is 15.2. The Morgan fingerprint density at radius 3 is 3.18 bits per heavy atom. The lowest BCUT2D eigenvalue weighted by Crippen LogP contribution is -2.32. The van der Waals surface area contributed by atoms with Crippen LogP contribution in [0.5, 0.6) is 0 Å². The second-order valence-corrected chi connectivity index (χ2v) is 5.59. The van der Waals surface area contributed by atoms with Crippen molar-refractivity contribution in [3.8, 4) is 0 Å². The van der Waals surface area contributed by atoms with Crippen molar-refractivity contribution in [3.05, 3.63) is 36.7 Å². The van der Waals surface area contributed by atoms with E-state index in [4.69, 9.17) is 0 Å². The highest BCUT2D eigenvalue weighted by Crippen LogP contribution is 2.15. The summed E-state index contributed by atoms with van der Waals surface area (Å²) in [6.07, 6.45) is 10.5. The maximum atomic E-state index is 12.1. The van der Waals surface area contributed by atoms with Gasteiger partial charge in [-0.25, -0.2) is 4.98 Å². The first-order chi connectivity index (χ1) is 10.8. The molecule has 22 heavy (non-hydrogen) atoms. The Balaban J connectivity index is 1.44. The highest BCUT2D eigenvalue weighted by Gasteiger charge is 2.17. The second-order valence-electron chi connectivity index (χ2n) is 5.59. The highest BCUT2D eigenvalue weighted by atomic mass is 16.1. The molecule has 3 rings (SSSR count). The minimum atomic E-state index is -0.104. The Labute approximate surface area is 129 Å². The molecule has 1 aliphatic rings. The van der Waals surface area contributed by atoms with Gasteiger partial charge >= 0.3 is 0 Å². The molecule has 7 heteroatoms. The van der Waals surface area contributed by atoms with Crippen molar-refractivity contribution in [2.75, 3.05) is 19.6 Å². The Morgan fingerprint density at radius 2 is 2.41 bits per heavy atom. The predicted molar refractivity (Wildman–Crippen MR) is 82.5 cm³/mol. The van der Waals surface area contributed by atoms with E-state index in [0.29, 0.717) is 18.3 Å². The molecule has 2 aromatic heterocycles. The summed E-state index contributed by atoms with van der Waals surface area (Å²) in [6, 6.07) is 2.15. The van der Waals surface area contributed by atoms with Gasteiger partial charge < -0.3 is 15.2 Å². The van der Waals surface area contributed by atoms with Gasteiger partial charge in [-0.2, -0.15) is 5.10 Å². The topological polar surface area (TPSA) is 76.8 Å². The summed E-state index contributed by atoms with van der Waals surface area (Å²) in [5, 5.41) is 10.7. The summed E-state index contributed by atoms with van der Waals surface area (Å²) in [4.78, 5) is 16.1. The van der Waals surface area contributed by atoms with Crippen molar-refractivity contribution in [2.45, 2.75) is 31.8 Å². The molecule has 0 aromatic carbocycles. The van der Waals surface area contributed by atoms with Gasteiger partial charge in [-0.1, -0.05) is 0 Å². The fourth-order valence-corrected chi connectivity index (χ4v) is 2.69. The molecule has 0 aliphatic carbocycles. The lowest BCUT2D eigenvalue weighted by Gasteiger charge is -2.22. The summed E-state index contributed by atoms with van der Waals surface area (Å²) in [6.45, 7) is 3.48. The number of hydrogen-bond acceptors (Lipinski definition) is 4. The van der Waals surface area contributed by atoms with Crippen LogP contribution < -0.4 is 10.6 Å². The summed E-state index contributed by atoms with van der Waals surface area (Å²) in [7, 11) is 0. The third-order valence-corrected chi connectivity index (χ3v) is 3.92. The lowest BCUT2D eigenvalue weighted by molar-refractivity contribution is 0.0946. The molecule has 3 heterocycles. The van der Waals surface area contributed by atoms with Crippen LogP contribution in [0.25, 0.3) is 0 Å². The standard InChI is InChI=1S/C15H22N6O/c22-15(18-6-2-8-20-10-7-17-12-20)14-4-9-21(19-14)13-3-1-5-16-11-13/h4,7,9-10,12-13,16H,1-3,5-6,8,11H2,(H,18,22)/t13-/m1/s1. The van der Waals surface area contributed by atoms with E-state index in [9.17, 15) is 4.79 Å².